The predicted octanol–water partition coefficient (Wildman–Crippen LogP) is 1.15. The van der Waals surface area contributed by atoms with Crippen molar-refractivity contribution < 1.29 is 19.8 Å². The standard InChI is InChI=1S/C10H13BrN2O4S/c11-6-2-4-18-8(6)5-12-10(17)13-7(1-3-14)9(15)16/h2,4,7,14H,1,3,5H2,(H,15,16)(H2,12,13,17). The summed E-state index contributed by atoms with van der Waals surface area (Å²) < 4.78 is 0.901. The molecule has 1 aromatic heterocycles. The van der Waals surface area contributed by atoms with Crippen molar-refractivity contribution in [1.82, 2.24) is 10.6 Å². The van der Waals surface area contributed by atoms with Gasteiger partial charge in [-0.1, -0.05) is 0 Å². The van der Waals surface area contributed by atoms with E-state index in [2.05, 4.69) is 26.6 Å². The number of carbonyl (C=O) groups excluding carboxylic acids is 1. The van der Waals surface area contributed by atoms with Gasteiger partial charge in [0.05, 0.1) is 6.54 Å². The van der Waals surface area contributed by atoms with Gasteiger partial charge in [0.1, 0.15) is 6.04 Å². The minimum absolute atomic E-state index is 0.0224. The third-order valence-electron chi connectivity index (χ3n) is 2.12. The van der Waals surface area contributed by atoms with Crippen LogP contribution in [0.2, 0.25) is 0 Å². The molecule has 100 valence electrons. The van der Waals surface area contributed by atoms with Crippen LogP contribution in [-0.4, -0.2) is 34.9 Å². The number of nitrogens with one attached hydrogen (secondary N) is 2. The molecule has 1 atom stereocenters. The first-order chi connectivity index (χ1) is 8.54. The number of halogens is 1. The summed E-state index contributed by atoms with van der Waals surface area (Å²) in [5.41, 5.74) is 0. The topological polar surface area (TPSA) is 98.7 Å². The van der Waals surface area contributed by atoms with Gasteiger partial charge >= 0.3 is 12.0 Å². The molecule has 4 N–H and O–H groups in total. The first-order valence-corrected chi connectivity index (χ1v) is 6.81. The lowest BCUT2D eigenvalue weighted by Crippen LogP contribution is -2.46. The van der Waals surface area contributed by atoms with E-state index in [0.29, 0.717) is 6.54 Å². The van der Waals surface area contributed by atoms with E-state index in [-0.39, 0.29) is 13.0 Å². The largest absolute Gasteiger partial charge is 0.480 e. The second-order valence-corrected chi connectivity index (χ2v) is 5.28. The van der Waals surface area contributed by atoms with Crippen molar-refractivity contribution >= 4 is 39.3 Å². The Hall–Kier alpha value is -1.12. The maximum Gasteiger partial charge on any atom is 0.326 e. The Morgan fingerprint density at radius 2 is 2.22 bits per heavy atom. The molecule has 0 bridgehead atoms. The fourth-order valence-corrected chi connectivity index (χ4v) is 2.64. The quantitative estimate of drug-likeness (QED) is 0.626. The van der Waals surface area contributed by atoms with Crippen molar-refractivity contribution in [3.8, 4) is 0 Å². The van der Waals surface area contributed by atoms with E-state index in [0.717, 1.165) is 9.35 Å². The van der Waals surface area contributed by atoms with Crippen LogP contribution in [-0.2, 0) is 11.3 Å². The van der Waals surface area contributed by atoms with Crippen LogP contribution in [0.3, 0.4) is 0 Å². The Morgan fingerprint density at radius 3 is 2.72 bits per heavy atom. The van der Waals surface area contributed by atoms with E-state index >= 15 is 0 Å². The van der Waals surface area contributed by atoms with E-state index < -0.39 is 18.0 Å². The van der Waals surface area contributed by atoms with Crippen molar-refractivity contribution in [1.29, 1.82) is 0 Å². The van der Waals surface area contributed by atoms with E-state index in [1.165, 1.54) is 11.3 Å². The number of carboxylic acids is 1. The minimum atomic E-state index is -1.17. The molecule has 1 rings (SSSR count). The van der Waals surface area contributed by atoms with Crippen molar-refractivity contribution in [2.24, 2.45) is 0 Å². The number of thiophene rings is 1. The Bertz CT molecular complexity index is 424. The molecule has 0 spiro atoms. The summed E-state index contributed by atoms with van der Waals surface area (Å²) >= 11 is 4.81. The number of aliphatic carboxylic acids is 1. The van der Waals surface area contributed by atoms with E-state index in [9.17, 15) is 9.59 Å². The lowest BCUT2D eigenvalue weighted by Gasteiger charge is -2.13. The van der Waals surface area contributed by atoms with E-state index in [1.807, 2.05) is 11.4 Å². The smallest absolute Gasteiger partial charge is 0.326 e. The number of amides is 2. The van der Waals surface area contributed by atoms with Crippen LogP contribution in [0.5, 0.6) is 0 Å². The Labute approximate surface area is 116 Å². The average molecular weight is 337 g/mol. The van der Waals surface area contributed by atoms with Gasteiger partial charge in [0.25, 0.3) is 0 Å². The summed E-state index contributed by atoms with van der Waals surface area (Å²) in [6, 6.07) is 0.212. The SMILES string of the molecule is O=C(NCc1sccc1Br)NC(CCO)C(=O)O. The highest BCUT2D eigenvalue weighted by atomic mass is 79.9. The summed E-state index contributed by atoms with van der Waals surface area (Å²) in [7, 11) is 0. The van der Waals surface area contributed by atoms with Crippen LogP contribution < -0.4 is 10.6 Å². The zero-order chi connectivity index (χ0) is 13.5. The normalized spacial score (nSPS) is 11.9. The molecule has 8 heteroatoms. The van der Waals surface area contributed by atoms with Crippen LogP contribution >= 0.6 is 27.3 Å². The first kappa shape index (κ1) is 14.9. The number of aliphatic hydroxyl groups is 1. The van der Waals surface area contributed by atoms with Crippen LogP contribution in [0, 0.1) is 0 Å². The van der Waals surface area contributed by atoms with Gasteiger partial charge in [0.2, 0.25) is 0 Å². The highest BCUT2D eigenvalue weighted by molar-refractivity contribution is 9.10. The van der Waals surface area contributed by atoms with Gasteiger partial charge in [-0.15, -0.1) is 11.3 Å². The van der Waals surface area contributed by atoms with Crippen LogP contribution in [0.25, 0.3) is 0 Å². The van der Waals surface area contributed by atoms with Gasteiger partial charge in [-0.05, 0) is 27.4 Å². The van der Waals surface area contributed by atoms with Gasteiger partial charge in [-0.2, -0.15) is 0 Å². The molecular formula is C10H13BrN2O4S. The molecule has 6 nitrogen and oxygen atoms in total. The van der Waals surface area contributed by atoms with Crippen LogP contribution in [0.1, 0.15) is 11.3 Å². The van der Waals surface area contributed by atoms with E-state index in [1.54, 1.807) is 0 Å². The van der Waals surface area contributed by atoms with Gasteiger partial charge < -0.3 is 20.8 Å². The molecule has 0 radical (unpaired) electrons. The molecule has 1 heterocycles. The fraction of sp³-hybridized carbons (Fsp3) is 0.400. The summed E-state index contributed by atoms with van der Waals surface area (Å²) in [5, 5.41) is 24.2. The number of hydrogen-bond acceptors (Lipinski definition) is 4. The van der Waals surface area contributed by atoms with Crippen molar-refractivity contribution in [3.05, 3.63) is 20.8 Å². The van der Waals surface area contributed by atoms with Gasteiger partial charge in [-0.25, -0.2) is 9.59 Å². The fourth-order valence-electron chi connectivity index (χ4n) is 1.21. The number of urea groups is 1. The molecular weight excluding hydrogens is 324 g/mol. The average Bonchev–Trinajstić information content (AvgIpc) is 2.71. The summed E-state index contributed by atoms with van der Waals surface area (Å²) in [6.45, 7) is 0.0171. The molecule has 0 aliphatic rings. The van der Waals surface area contributed by atoms with Crippen molar-refractivity contribution in [2.75, 3.05) is 6.61 Å². The predicted molar refractivity (Wildman–Crippen MR) is 70.5 cm³/mol. The first-order valence-electron chi connectivity index (χ1n) is 5.14. The number of rotatable bonds is 6. The van der Waals surface area contributed by atoms with Gasteiger partial charge in [-0.3, -0.25) is 0 Å². The molecule has 0 saturated heterocycles. The molecule has 0 saturated carbocycles. The monoisotopic (exact) mass is 336 g/mol. The highest BCUT2D eigenvalue weighted by Gasteiger charge is 2.18. The highest BCUT2D eigenvalue weighted by Crippen LogP contribution is 2.21. The van der Waals surface area contributed by atoms with E-state index in [4.69, 9.17) is 10.2 Å². The van der Waals surface area contributed by atoms with Crippen LogP contribution in [0.4, 0.5) is 4.79 Å². The molecule has 0 aromatic carbocycles. The Kier molecular flexibility index (Phi) is 6.10. The van der Waals surface area contributed by atoms with Gasteiger partial charge in [0, 0.05) is 22.4 Å². The van der Waals surface area contributed by atoms with Gasteiger partial charge in [0.15, 0.2) is 0 Å². The molecule has 1 unspecified atom stereocenters. The summed E-state index contributed by atoms with van der Waals surface area (Å²) in [5.74, 6) is -1.17. The molecule has 1 aromatic rings. The minimum Gasteiger partial charge on any atom is -0.480 e. The van der Waals surface area contributed by atoms with Crippen molar-refractivity contribution in [2.45, 2.75) is 19.0 Å². The molecule has 0 aliphatic carbocycles. The lowest BCUT2D eigenvalue weighted by molar-refractivity contribution is -0.139. The Balaban J connectivity index is 2.41. The Morgan fingerprint density at radius 1 is 1.50 bits per heavy atom. The maximum absolute atomic E-state index is 11.5. The number of carboxylic acid groups (broad SMARTS) is 1. The second-order valence-electron chi connectivity index (χ2n) is 3.42. The third kappa shape index (κ3) is 4.63. The zero-order valence-electron chi connectivity index (χ0n) is 9.35. The zero-order valence-corrected chi connectivity index (χ0v) is 11.8. The molecule has 0 fully saturated rings. The third-order valence-corrected chi connectivity index (χ3v) is 4.05. The summed E-state index contributed by atoms with van der Waals surface area (Å²) in [6.07, 6.45) is -0.0224. The molecule has 2 amide bonds. The number of carbonyl (C=O) groups is 2. The molecule has 18 heavy (non-hydrogen) atoms. The number of hydrogen-bond donors (Lipinski definition) is 4. The van der Waals surface area contributed by atoms with Crippen LogP contribution in [0.15, 0.2) is 15.9 Å². The van der Waals surface area contributed by atoms with Crippen molar-refractivity contribution in [3.63, 3.8) is 0 Å². The number of aliphatic hydroxyl groups excluding tert-OH is 1. The lowest BCUT2D eigenvalue weighted by atomic mass is 10.2. The maximum atomic E-state index is 11.5. The summed E-state index contributed by atoms with van der Waals surface area (Å²) in [4.78, 5) is 23.2. The molecule has 0 aliphatic heterocycles. The second kappa shape index (κ2) is 7.34.